The molecule has 114 valence electrons. The molecule has 0 radical (unpaired) electrons. The summed E-state index contributed by atoms with van der Waals surface area (Å²) in [7, 11) is 2.29. The number of likely N-dealkylation sites (N-methyl/N-ethyl adjacent to an activating group) is 1. The summed E-state index contributed by atoms with van der Waals surface area (Å²) in [6, 6.07) is 19.8. The highest BCUT2D eigenvalue weighted by molar-refractivity contribution is 5.61. The van der Waals surface area contributed by atoms with Crippen molar-refractivity contribution in [2.75, 3.05) is 25.0 Å². The number of nitrogens with zero attached hydrogens (tertiary/aromatic N) is 2. The first-order valence-corrected chi connectivity index (χ1v) is 8.35. The van der Waals surface area contributed by atoms with Gasteiger partial charge in [0, 0.05) is 37.9 Å². The van der Waals surface area contributed by atoms with Gasteiger partial charge in [-0.25, -0.2) is 0 Å². The van der Waals surface area contributed by atoms with Crippen molar-refractivity contribution in [2.24, 2.45) is 0 Å². The molecule has 22 heavy (non-hydrogen) atoms. The standard InChI is InChI=1S/C20H24N2/c1-21-19-10-6-5-9-18(19)15-20(21)11-13-22(14-12-20)16-17-7-3-2-4-8-17/h2-10H,11-16H2,1H3. The van der Waals surface area contributed by atoms with Crippen LogP contribution < -0.4 is 4.90 Å². The molecule has 0 aliphatic carbocycles. The number of benzene rings is 2. The Bertz CT molecular complexity index is 642. The lowest BCUT2D eigenvalue weighted by atomic mass is 9.84. The number of anilines is 1. The lowest BCUT2D eigenvalue weighted by molar-refractivity contribution is 0.156. The molecule has 2 aliphatic rings. The number of fused-ring (bicyclic) bond motifs is 1. The molecule has 4 rings (SSSR count). The molecule has 0 amide bonds. The number of piperidine rings is 1. The summed E-state index contributed by atoms with van der Waals surface area (Å²) in [5, 5.41) is 0. The average Bonchev–Trinajstić information content (AvgIpc) is 2.84. The lowest BCUT2D eigenvalue weighted by Crippen LogP contribution is -2.52. The molecule has 0 N–H and O–H groups in total. The van der Waals surface area contributed by atoms with Crippen LogP contribution in [0.4, 0.5) is 5.69 Å². The predicted molar refractivity (Wildman–Crippen MR) is 92.2 cm³/mol. The minimum Gasteiger partial charge on any atom is -0.368 e. The van der Waals surface area contributed by atoms with Crippen LogP contribution >= 0.6 is 0 Å². The van der Waals surface area contributed by atoms with Gasteiger partial charge >= 0.3 is 0 Å². The van der Waals surface area contributed by atoms with E-state index in [2.05, 4.69) is 71.4 Å². The molecule has 0 aromatic heterocycles. The molecule has 2 heteroatoms. The maximum atomic E-state index is 2.61. The van der Waals surface area contributed by atoms with Crippen LogP contribution in [0.3, 0.4) is 0 Å². The van der Waals surface area contributed by atoms with Crippen LogP contribution in [0.1, 0.15) is 24.0 Å². The van der Waals surface area contributed by atoms with Crippen LogP contribution in [0.2, 0.25) is 0 Å². The van der Waals surface area contributed by atoms with Gasteiger partial charge in [0.15, 0.2) is 0 Å². The molecule has 1 spiro atoms. The Kier molecular flexibility index (Phi) is 3.42. The minimum absolute atomic E-state index is 0.358. The molecule has 2 aromatic rings. The summed E-state index contributed by atoms with van der Waals surface area (Å²) in [6.45, 7) is 3.49. The van der Waals surface area contributed by atoms with E-state index in [1.54, 1.807) is 0 Å². The Morgan fingerprint density at radius 2 is 1.59 bits per heavy atom. The molecule has 1 saturated heterocycles. The van der Waals surface area contributed by atoms with Gasteiger partial charge in [-0.05, 0) is 36.5 Å². The molecular weight excluding hydrogens is 268 g/mol. The normalized spacial score (nSPS) is 20.3. The van der Waals surface area contributed by atoms with E-state index in [0.29, 0.717) is 5.54 Å². The minimum atomic E-state index is 0.358. The van der Waals surface area contributed by atoms with Crippen molar-refractivity contribution in [1.29, 1.82) is 0 Å². The first-order valence-electron chi connectivity index (χ1n) is 8.35. The van der Waals surface area contributed by atoms with Gasteiger partial charge in [-0.15, -0.1) is 0 Å². The molecule has 0 atom stereocenters. The van der Waals surface area contributed by atoms with Crippen LogP contribution in [0.5, 0.6) is 0 Å². The number of rotatable bonds is 2. The largest absolute Gasteiger partial charge is 0.368 e. The zero-order chi connectivity index (χ0) is 15.0. The van der Waals surface area contributed by atoms with Crippen molar-refractivity contribution in [3.8, 4) is 0 Å². The predicted octanol–water partition coefficient (Wildman–Crippen LogP) is 3.71. The molecule has 2 aromatic carbocycles. The van der Waals surface area contributed by atoms with Crippen molar-refractivity contribution < 1.29 is 0 Å². The van der Waals surface area contributed by atoms with Crippen molar-refractivity contribution in [2.45, 2.75) is 31.3 Å². The Balaban J connectivity index is 1.44. The van der Waals surface area contributed by atoms with Crippen molar-refractivity contribution in [3.63, 3.8) is 0 Å². The third kappa shape index (κ3) is 2.32. The fourth-order valence-electron chi connectivity index (χ4n) is 4.20. The van der Waals surface area contributed by atoms with E-state index in [1.165, 1.54) is 49.2 Å². The first kappa shape index (κ1) is 13.8. The van der Waals surface area contributed by atoms with Crippen LogP contribution in [0.25, 0.3) is 0 Å². The second-order valence-electron chi connectivity index (χ2n) is 6.85. The maximum absolute atomic E-state index is 2.61. The average molecular weight is 292 g/mol. The number of likely N-dealkylation sites (tertiary alicyclic amines) is 1. The third-order valence-electron chi connectivity index (χ3n) is 5.62. The fourth-order valence-corrected chi connectivity index (χ4v) is 4.20. The highest BCUT2D eigenvalue weighted by atomic mass is 15.2. The summed E-state index contributed by atoms with van der Waals surface area (Å²) < 4.78 is 0. The summed E-state index contributed by atoms with van der Waals surface area (Å²) >= 11 is 0. The van der Waals surface area contributed by atoms with E-state index >= 15 is 0 Å². The van der Waals surface area contributed by atoms with Gasteiger partial charge in [0.2, 0.25) is 0 Å². The van der Waals surface area contributed by atoms with Gasteiger partial charge in [0.05, 0.1) is 0 Å². The Labute approximate surface area is 133 Å². The molecule has 2 aliphatic heterocycles. The first-order chi connectivity index (χ1) is 10.8. The second kappa shape index (κ2) is 5.44. The molecule has 2 nitrogen and oxygen atoms in total. The fraction of sp³-hybridized carbons (Fsp3) is 0.400. The smallest absolute Gasteiger partial charge is 0.0464 e. The van der Waals surface area contributed by atoms with E-state index in [0.717, 1.165) is 6.54 Å². The van der Waals surface area contributed by atoms with Crippen molar-refractivity contribution in [1.82, 2.24) is 4.90 Å². The van der Waals surface area contributed by atoms with Gasteiger partial charge in [-0.3, -0.25) is 4.90 Å². The van der Waals surface area contributed by atoms with Crippen LogP contribution in [0.15, 0.2) is 54.6 Å². The van der Waals surface area contributed by atoms with Gasteiger partial charge in [-0.2, -0.15) is 0 Å². The summed E-state index contributed by atoms with van der Waals surface area (Å²) in [6.07, 6.45) is 3.76. The maximum Gasteiger partial charge on any atom is 0.0464 e. The number of para-hydroxylation sites is 1. The van der Waals surface area contributed by atoms with Crippen LogP contribution in [0, 0.1) is 0 Å². The van der Waals surface area contributed by atoms with Gasteiger partial charge in [-0.1, -0.05) is 48.5 Å². The second-order valence-corrected chi connectivity index (χ2v) is 6.85. The molecule has 0 saturated carbocycles. The van der Waals surface area contributed by atoms with E-state index < -0.39 is 0 Å². The van der Waals surface area contributed by atoms with Gasteiger partial charge < -0.3 is 4.90 Å². The van der Waals surface area contributed by atoms with Gasteiger partial charge in [0.1, 0.15) is 0 Å². The van der Waals surface area contributed by atoms with E-state index in [-0.39, 0.29) is 0 Å². The van der Waals surface area contributed by atoms with Crippen LogP contribution in [-0.4, -0.2) is 30.6 Å². The monoisotopic (exact) mass is 292 g/mol. The van der Waals surface area contributed by atoms with E-state index in [1.807, 2.05) is 0 Å². The van der Waals surface area contributed by atoms with Crippen LogP contribution in [-0.2, 0) is 13.0 Å². The summed E-state index contributed by atoms with van der Waals surface area (Å²) in [4.78, 5) is 5.17. The van der Waals surface area contributed by atoms with E-state index in [9.17, 15) is 0 Å². The number of hydrogen-bond donors (Lipinski definition) is 0. The number of hydrogen-bond acceptors (Lipinski definition) is 2. The Morgan fingerprint density at radius 3 is 2.32 bits per heavy atom. The SMILES string of the molecule is CN1c2ccccc2CC12CCN(Cc1ccccc1)CC2. The quantitative estimate of drug-likeness (QED) is 0.832. The van der Waals surface area contributed by atoms with Gasteiger partial charge in [0.25, 0.3) is 0 Å². The van der Waals surface area contributed by atoms with E-state index in [4.69, 9.17) is 0 Å². The summed E-state index contributed by atoms with van der Waals surface area (Å²) in [5.41, 5.74) is 4.76. The zero-order valence-electron chi connectivity index (χ0n) is 13.3. The molecule has 0 bridgehead atoms. The zero-order valence-corrected chi connectivity index (χ0v) is 13.3. The molecule has 0 unspecified atom stereocenters. The van der Waals surface area contributed by atoms with Crippen molar-refractivity contribution >= 4 is 5.69 Å². The summed E-state index contributed by atoms with van der Waals surface area (Å²) in [5.74, 6) is 0. The molecular formula is C20H24N2. The molecule has 1 fully saturated rings. The highest BCUT2D eigenvalue weighted by Gasteiger charge is 2.43. The lowest BCUT2D eigenvalue weighted by Gasteiger charge is -2.44. The topological polar surface area (TPSA) is 6.48 Å². The third-order valence-corrected chi connectivity index (χ3v) is 5.62. The highest BCUT2D eigenvalue weighted by Crippen LogP contribution is 2.43. The van der Waals surface area contributed by atoms with Crippen molar-refractivity contribution in [3.05, 3.63) is 65.7 Å². The molecule has 2 heterocycles. The Morgan fingerprint density at radius 1 is 0.909 bits per heavy atom. The Hall–Kier alpha value is -1.80.